The molecule has 0 fully saturated rings. The minimum Gasteiger partial charge on any atom is -0.463 e. The van der Waals surface area contributed by atoms with E-state index in [4.69, 9.17) is 4.42 Å². The third-order valence-electron chi connectivity index (χ3n) is 3.19. The van der Waals surface area contributed by atoms with Crippen molar-refractivity contribution in [1.82, 2.24) is 10.2 Å². The first-order chi connectivity index (χ1) is 10.5. The Kier molecular flexibility index (Phi) is 5.81. The largest absolute Gasteiger partial charge is 0.463 e. The Balaban J connectivity index is 2.76. The standard InChI is InChI=1S/C14H19F3N2O4/c1-9-4-5-10(23-9)13(22,14(15,16)17)8-11(20)18-7-6-12(21)19(2)3/h4-5,22H,6-8H2,1-3H3,(H,18,20). The molecule has 0 saturated heterocycles. The number of hydrogen-bond donors (Lipinski definition) is 2. The molecule has 9 heteroatoms. The second-order valence-electron chi connectivity index (χ2n) is 5.33. The van der Waals surface area contributed by atoms with Crippen LogP contribution in [-0.4, -0.2) is 48.6 Å². The maximum absolute atomic E-state index is 13.2. The van der Waals surface area contributed by atoms with Crippen molar-refractivity contribution in [2.45, 2.75) is 31.5 Å². The maximum atomic E-state index is 13.2. The van der Waals surface area contributed by atoms with Crippen LogP contribution < -0.4 is 5.32 Å². The number of nitrogens with one attached hydrogen (secondary N) is 1. The summed E-state index contributed by atoms with van der Waals surface area (Å²) in [6.45, 7) is 1.30. The number of furan rings is 1. The lowest BCUT2D eigenvalue weighted by Crippen LogP contribution is -2.46. The smallest absolute Gasteiger partial charge is 0.425 e. The molecule has 1 heterocycles. The summed E-state index contributed by atoms with van der Waals surface area (Å²) in [4.78, 5) is 24.3. The predicted molar refractivity (Wildman–Crippen MR) is 74.3 cm³/mol. The van der Waals surface area contributed by atoms with Gasteiger partial charge in [-0.2, -0.15) is 13.2 Å². The van der Waals surface area contributed by atoms with Crippen LogP contribution in [0.4, 0.5) is 13.2 Å². The summed E-state index contributed by atoms with van der Waals surface area (Å²) < 4.78 is 44.3. The van der Waals surface area contributed by atoms with Gasteiger partial charge < -0.3 is 19.7 Å². The average molecular weight is 336 g/mol. The fraction of sp³-hybridized carbons (Fsp3) is 0.571. The van der Waals surface area contributed by atoms with Gasteiger partial charge in [0.05, 0.1) is 6.42 Å². The predicted octanol–water partition coefficient (Wildman–Crippen LogP) is 1.32. The van der Waals surface area contributed by atoms with E-state index in [1.54, 1.807) is 0 Å². The zero-order valence-corrected chi connectivity index (χ0v) is 13.0. The van der Waals surface area contributed by atoms with Gasteiger partial charge in [0.1, 0.15) is 11.5 Å². The van der Waals surface area contributed by atoms with Gasteiger partial charge >= 0.3 is 6.18 Å². The summed E-state index contributed by atoms with van der Waals surface area (Å²) in [6.07, 6.45) is -6.39. The molecule has 130 valence electrons. The number of carbonyl (C=O) groups is 2. The molecule has 0 aliphatic carbocycles. The van der Waals surface area contributed by atoms with Crippen molar-refractivity contribution in [2.75, 3.05) is 20.6 Å². The number of nitrogens with zero attached hydrogens (tertiary/aromatic N) is 1. The molecular formula is C14H19F3N2O4. The zero-order valence-electron chi connectivity index (χ0n) is 13.0. The molecule has 0 aliphatic heterocycles. The second-order valence-corrected chi connectivity index (χ2v) is 5.33. The highest BCUT2D eigenvalue weighted by atomic mass is 19.4. The van der Waals surface area contributed by atoms with Crippen molar-refractivity contribution in [3.8, 4) is 0 Å². The van der Waals surface area contributed by atoms with E-state index in [1.165, 1.54) is 32.0 Å². The summed E-state index contributed by atoms with van der Waals surface area (Å²) in [6, 6.07) is 2.24. The SMILES string of the molecule is Cc1ccc(C(O)(CC(=O)NCCC(=O)N(C)C)C(F)(F)F)o1. The van der Waals surface area contributed by atoms with E-state index < -0.39 is 29.9 Å². The van der Waals surface area contributed by atoms with Crippen molar-refractivity contribution in [3.63, 3.8) is 0 Å². The van der Waals surface area contributed by atoms with Crippen LogP contribution in [-0.2, 0) is 15.2 Å². The lowest BCUT2D eigenvalue weighted by atomic mass is 9.95. The Morgan fingerprint density at radius 1 is 1.30 bits per heavy atom. The van der Waals surface area contributed by atoms with Gasteiger partial charge in [0, 0.05) is 27.1 Å². The summed E-state index contributed by atoms with van der Waals surface area (Å²) in [5.41, 5.74) is -3.42. The highest BCUT2D eigenvalue weighted by Crippen LogP contribution is 2.42. The fourth-order valence-corrected chi connectivity index (χ4v) is 1.81. The molecule has 0 bridgehead atoms. The van der Waals surface area contributed by atoms with Crippen molar-refractivity contribution in [3.05, 3.63) is 23.7 Å². The minimum absolute atomic E-state index is 0.0525. The first-order valence-electron chi connectivity index (χ1n) is 6.80. The lowest BCUT2D eigenvalue weighted by molar-refractivity contribution is -0.273. The van der Waals surface area contributed by atoms with E-state index in [1.807, 2.05) is 0 Å². The van der Waals surface area contributed by atoms with Crippen LogP contribution in [0.3, 0.4) is 0 Å². The molecule has 0 aliphatic rings. The number of halogens is 3. The van der Waals surface area contributed by atoms with E-state index in [0.29, 0.717) is 0 Å². The van der Waals surface area contributed by atoms with E-state index in [-0.39, 0.29) is 24.6 Å². The molecule has 0 spiro atoms. The van der Waals surface area contributed by atoms with E-state index in [2.05, 4.69) is 5.32 Å². The molecule has 1 aromatic heterocycles. The van der Waals surface area contributed by atoms with Crippen LogP contribution in [0.2, 0.25) is 0 Å². The fourth-order valence-electron chi connectivity index (χ4n) is 1.81. The molecule has 0 radical (unpaired) electrons. The lowest BCUT2D eigenvalue weighted by Gasteiger charge is -2.28. The van der Waals surface area contributed by atoms with Crippen LogP contribution in [0.5, 0.6) is 0 Å². The van der Waals surface area contributed by atoms with Gasteiger partial charge in [0.25, 0.3) is 0 Å². The number of carbonyl (C=O) groups excluding carboxylic acids is 2. The van der Waals surface area contributed by atoms with Crippen LogP contribution in [0.1, 0.15) is 24.4 Å². The number of aryl methyl sites for hydroxylation is 1. The highest BCUT2D eigenvalue weighted by molar-refractivity contribution is 5.79. The normalized spacial score (nSPS) is 14.2. The van der Waals surface area contributed by atoms with Gasteiger partial charge in [-0.25, -0.2) is 0 Å². The molecule has 6 nitrogen and oxygen atoms in total. The Bertz CT molecular complexity index is 569. The molecule has 0 aromatic carbocycles. The van der Waals surface area contributed by atoms with Gasteiger partial charge in [-0.15, -0.1) is 0 Å². The number of alkyl halides is 3. The molecule has 1 unspecified atom stereocenters. The molecule has 0 saturated carbocycles. The molecule has 2 N–H and O–H groups in total. The van der Waals surface area contributed by atoms with Crippen LogP contribution in [0.15, 0.2) is 16.5 Å². The molecule has 1 rings (SSSR count). The molecule has 23 heavy (non-hydrogen) atoms. The summed E-state index contributed by atoms with van der Waals surface area (Å²) >= 11 is 0. The van der Waals surface area contributed by atoms with E-state index in [9.17, 15) is 27.9 Å². The third kappa shape index (κ3) is 4.72. The monoisotopic (exact) mass is 336 g/mol. The summed E-state index contributed by atoms with van der Waals surface area (Å²) in [5, 5.41) is 12.1. The summed E-state index contributed by atoms with van der Waals surface area (Å²) in [7, 11) is 3.04. The van der Waals surface area contributed by atoms with Crippen LogP contribution in [0, 0.1) is 6.92 Å². The first-order valence-corrected chi connectivity index (χ1v) is 6.80. The van der Waals surface area contributed by atoms with Crippen LogP contribution >= 0.6 is 0 Å². The molecule has 1 aromatic rings. The van der Waals surface area contributed by atoms with E-state index in [0.717, 1.165) is 6.07 Å². The quantitative estimate of drug-likeness (QED) is 0.821. The first kappa shape index (κ1) is 19.0. The topological polar surface area (TPSA) is 82.8 Å². The number of hydrogen-bond acceptors (Lipinski definition) is 4. The Morgan fingerprint density at radius 3 is 2.35 bits per heavy atom. The van der Waals surface area contributed by atoms with Gasteiger partial charge in [0.2, 0.25) is 17.4 Å². The minimum atomic E-state index is -5.09. The number of rotatable bonds is 6. The van der Waals surface area contributed by atoms with Crippen molar-refractivity contribution in [1.29, 1.82) is 0 Å². The third-order valence-corrected chi connectivity index (χ3v) is 3.19. The number of aliphatic hydroxyl groups is 1. The van der Waals surface area contributed by atoms with Crippen molar-refractivity contribution in [2.24, 2.45) is 0 Å². The molecular weight excluding hydrogens is 317 g/mol. The van der Waals surface area contributed by atoms with Gasteiger partial charge in [-0.05, 0) is 19.1 Å². The van der Waals surface area contributed by atoms with Crippen molar-refractivity contribution < 1.29 is 32.3 Å². The van der Waals surface area contributed by atoms with E-state index >= 15 is 0 Å². The number of amides is 2. The van der Waals surface area contributed by atoms with Gasteiger partial charge in [-0.1, -0.05) is 0 Å². The summed E-state index contributed by atoms with van der Waals surface area (Å²) in [5.74, 6) is -1.88. The van der Waals surface area contributed by atoms with Gasteiger partial charge in [0.15, 0.2) is 0 Å². The zero-order chi connectivity index (χ0) is 17.8. The Hall–Kier alpha value is -2.03. The Morgan fingerprint density at radius 2 is 1.91 bits per heavy atom. The second kappa shape index (κ2) is 7.03. The van der Waals surface area contributed by atoms with Crippen molar-refractivity contribution >= 4 is 11.8 Å². The highest BCUT2D eigenvalue weighted by Gasteiger charge is 2.58. The molecule has 2 amide bonds. The van der Waals surface area contributed by atoms with Gasteiger partial charge in [-0.3, -0.25) is 9.59 Å². The maximum Gasteiger partial charge on any atom is 0.425 e. The Labute approximate surface area is 131 Å². The van der Waals surface area contributed by atoms with Crippen LogP contribution in [0.25, 0.3) is 0 Å². The molecule has 1 atom stereocenters. The average Bonchev–Trinajstić information content (AvgIpc) is 2.84.